The first-order chi connectivity index (χ1) is 23.3. The molecule has 0 aromatic heterocycles. The number of nitrogens with zero attached hydrogens (tertiary/aromatic N) is 1. The van der Waals surface area contributed by atoms with Crippen molar-refractivity contribution >= 4 is 53.8 Å². The van der Waals surface area contributed by atoms with E-state index in [2.05, 4.69) is 69.3 Å². The molecule has 256 valence electrons. The highest BCUT2D eigenvalue weighted by Gasteiger charge is 2.56. The molecule has 1 aliphatic carbocycles. The second kappa shape index (κ2) is 14.1. The summed E-state index contributed by atoms with van der Waals surface area (Å²) in [6.45, 7) is 8.92. The maximum absolute atomic E-state index is 15.1. The number of carboxylic acid groups (broad SMARTS) is 1. The highest BCUT2D eigenvalue weighted by molar-refractivity contribution is 6.99. The number of carboxylic acids is 1. The molecular weight excluding hydrogens is 669 g/mol. The third-order valence-electron chi connectivity index (χ3n) is 10.5. The predicted molar refractivity (Wildman–Crippen MR) is 200 cm³/mol. The lowest BCUT2D eigenvalue weighted by molar-refractivity contribution is -0.162. The molecule has 4 aromatic rings. The van der Waals surface area contributed by atoms with Crippen LogP contribution in [0.3, 0.4) is 0 Å². The first-order valence-electron chi connectivity index (χ1n) is 17.1. The number of hydrogen-bond acceptors (Lipinski definition) is 3. The second-order valence-electron chi connectivity index (χ2n) is 15.1. The Morgan fingerprint density at radius 3 is 1.98 bits per heavy atom. The zero-order chi connectivity index (χ0) is 35.0. The summed E-state index contributed by atoms with van der Waals surface area (Å²) in [5.74, 6) is -1.12. The minimum Gasteiger partial charge on any atom is -0.481 e. The summed E-state index contributed by atoms with van der Waals surface area (Å²) in [4.78, 5) is 29.5. The van der Waals surface area contributed by atoms with Gasteiger partial charge in [-0.25, -0.2) is 0 Å². The number of carbonyl (C=O) groups is 2. The third kappa shape index (κ3) is 7.11. The van der Waals surface area contributed by atoms with E-state index in [4.69, 9.17) is 27.6 Å². The third-order valence-corrected chi connectivity index (χ3v) is 16.0. The van der Waals surface area contributed by atoms with E-state index in [0.717, 1.165) is 24.0 Å². The number of piperidine rings is 1. The van der Waals surface area contributed by atoms with Crippen molar-refractivity contribution in [1.82, 2.24) is 4.90 Å². The van der Waals surface area contributed by atoms with Gasteiger partial charge in [-0.05, 0) is 76.0 Å². The van der Waals surface area contributed by atoms with Crippen LogP contribution in [0.1, 0.15) is 76.5 Å². The van der Waals surface area contributed by atoms with Gasteiger partial charge in [0, 0.05) is 16.0 Å². The Morgan fingerprint density at radius 2 is 1.47 bits per heavy atom. The molecular formula is C41H45Cl2NO4Si. The van der Waals surface area contributed by atoms with Crippen LogP contribution in [0.25, 0.3) is 0 Å². The zero-order valence-electron chi connectivity index (χ0n) is 28.6. The largest absolute Gasteiger partial charge is 0.481 e. The highest BCUT2D eigenvalue weighted by Crippen LogP contribution is 2.54. The van der Waals surface area contributed by atoms with Crippen LogP contribution in [-0.2, 0) is 14.0 Å². The van der Waals surface area contributed by atoms with Gasteiger partial charge in [-0.3, -0.25) is 9.59 Å². The molecule has 0 spiro atoms. The van der Waals surface area contributed by atoms with Crippen molar-refractivity contribution in [1.29, 1.82) is 0 Å². The number of amides is 1. The van der Waals surface area contributed by atoms with Gasteiger partial charge in [-0.1, -0.05) is 136 Å². The summed E-state index contributed by atoms with van der Waals surface area (Å²) in [5.41, 5.74) is 0.798. The van der Waals surface area contributed by atoms with Crippen molar-refractivity contribution in [3.8, 4) is 0 Å². The molecule has 8 heteroatoms. The maximum Gasteiger partial charge on any atom is 0.304 e. The van der Waals surface area contributed by atoms with E-state index in [9.17, 15) is 9.90 Å². The normalized spacial score (nSPS) is 22.2. The molecule has 1 saturated heterocycles. The molecule has 1 aliphatic heterocycles. The van der Waals surface area contributed by atoms with Crippen molar-refractivity contribution in [2.24, 2.45) is 11.3 Å². The number of benzene rings is 4. The number of aliphatic carboxylic acids is 1. The van der Waals surface area contributed by atoms with Crippen LogP contribution < -0.4 is 10.4 Å². The smallest absolute Gasteiger partial charge is 0.304 e. The second-order valence-corrected chi connectivity index (χ2v) is 20.3. The van der Waals surface area contributed by atoms with E-state index in [0.29, 0.717) is 23.1 Å². The van der Waals surface area contributed by atoms with E-state index in [1.807, 2.05) is 72.5 Å². The van der Waals surface area contributed by atoms with Crippen LogP contribution in [0.5, 0.6) is 0 Å². The number of carbonyl (C=O) groups excluding carboxylic acids is 1. The SMILES string of the molecule is CC(C)(C)[Si](OC[C@H](C1CC1)N1C(=O)[C@@](C)(CC(=O)O)C[C@H](c2cccc(Cl)c2)C1c1ccc(Cl)cc1)(c1ccccc1)c1ccccc1. The van der Waals surface area contributed by atoms with Gasteiger partial charge in [0.1, 0.15) is 0 Å². The van der Waals surface area contributed by atoms with Gasteiger partial charge >= 0.3 is 5.97 Å². The average molecular weight is 715 g/mol. The zero-order valence-corrected chi connectivity index (χ0v) is 31.1. The number of halogens is 2. The van der Waals surface area contributed by atoms with E-state index in [1.54, 1.807) is 0 Å². The lowest BCUT2D eigenvalue weighted by Crippen LogP contribution is -2.68. The minimum absolute atomic E-state index is 0.143. The molecule has 0 bridgehead atoms. The predicted octanol–water partition coefficient (Wildman–Crippen LogP) is 8.89. The Balaban J connectivity index is 1.52. The Labute approximate surface area is 301 Å². The molecule has 49 heavy (non-hydrogen) atoms. The quantitative estimate of drug-likeness (QED) is 0.158. The lowest BCUT2D eigenvalue weighted by atomic mass is 9.67. The van der Waals surface area contributed by atoms with Crippen LogP contribution in [-0.4, -0.2) is 42.8 Å². The monoisotopic (exact) mass is 713 g/mol. The molecule has 5 nitrogen and oxygen atoms in total. The van der Waals surface area contributed by atoms with E-state index in [-0.39, 0.29) is 41.3 Å². The summed E-state index contributed by atoms with van der Waals surface area (Å²) in [6.07, 6.45) is 2.06. The summed E-state index contributed by atoms with van der Waals surface area (Å²) >= 11 is 13.0. The van der Waals surface area contributed by atoms with Gasteiger partial charge in [0.25, 0.3) is 8.32 Å². The van der Waals surface area contributed by atoms with E-state index < -0.39 is 19.7 Å². The van der Waals surface area contributed by atoms with Crippen molar-refractivity contribution in [2.75, 3.05) is 6.61 Å². The fourth-order valence-electron chi connectivity index (χ4n) is 8.14. The van der Waals surface area contributed by atoms with Crippen molar-refractivity contribution < 1.29 is 19.1 Å². The van der Waals surface area contributed by atoms with Crippen LogP contribution >= 0.6 is 23.2 Å². The first-order valence-corrected chi connectivity index (χ1v) is 19.8. The summed E-state index contributed by atoms with van der Waals surface area (Å²) in [7, 11) is -2.94. The van der Waals surface area contributed by atoms with Gasteiger partial charge < -0.3 is 14.4 Å². The highest BCUT2D eigenvalue weighted by atomic mass is 35.5. The maximum atomic E-state index is 15.1. The van der Waals surface area contributed by atoms with E-state index in [1.165, 1.54) is 10.4 Å². The summed E-state index contributed by atoms with van der Waals surface area (Å²) < 4.78 is 7.53. The summed E-state index contributed by atoms with van der Waals surface area (Å²) in [5, 5.41) is 13.5. The van der Waals surface area contributed by atoms with Crippen LogP contribution in [0.2, 0.25) is 15.1 Å². The lowest BCUT2D eigenvalue weighted by Gasteiger charge is -2.53. The standard InChI is InChI=1S/C41H45Cl2NO4Si/c1-40(2,3)49(33-14-7-5-8-15-33,34-16-9-6-10-17-34)48-27-36(28-18-19-28)44-38(29-20-22-31(42)23-21-29)35(30-12-11-13-32(43)24-30)25-41(4,39(44)47)26-37(45)46/h5-17,20-24,28,35-36,38H,18-19,25-27H2,1-4H3,(H,45,46)/t35-,36-,38?,41-/m1/s1. The van der Waals surface area contributed by atoms with Crippen LogP contribution in [0.15, 0.2) is 109 Å². The number of likely N-dealkylation sites (tertiary alicyclic amines) is 1. The molecule has 1 N–H and O–H groups in total. The Hall–Kier alpha value is -3.42. The van der Waals surface area contributed by atoms with Gasteiger partial charge in [-0.15, -0.1) is 0 Å². The molecule has 0 radical (unpaired) electrons. The Bertz CT molecular complexity index is 1740. The molecule has 4 atom stereocenters. The van der Waals surface area contributed by atoms with E-state index >= 15 is 4.79 Å². The molecule has 1 amide bonds. The fourth-order valence-corrected chi connectivity index (χ4v) is 13.0. The van der Waals surface area contributed by atoms with Gasteiger partial charge in [0.15, 0.2) is 0 Å². The molecule has 1 saturated carbocycles. The first kappa shape index (κ1) is 35.4. The minimum atomic E-state index is -2.94. The Kier molecular flexibility index (Phi) is 10.2. The molecule has 1 unspecified atom stereocenters. The van der Waals surface area contributed by atoms with Gasteiger partial charge in [-0.2, -0.15) is 0 Å². The van der Waals surface area contributed by atoms with Gasteiger partial charge in [0.05, 0.1) is 30.5 Å². The molecule has 2 aliphatic rings. The molecule has 4 aromatic carbocycles. The summed E-state index contributed by atoms with van der Waals surface area (Å²) in [6, 6.07) is 35.9. The van der Waals surface area contributed by atoms with Crippen LogP contribution in [0.4, 0.5) is 0 Å². The molecule has 1 heterocycles. The molecule has 2 fully saturated rings. The topological polar surface area (TPSA) is 66.8 Å². The van der Waals surface area contributed by atoms with Crippen molar-refractivity contribution in [3.63, 3.8) is 0 Å². The number of hydrogen-bond donors (Lipinski definition) is 1. The number of rotatable bonds is 11. The van der Waals surface area contributed by atoms with Crippen LogP contribution in [0, 0.1) is 11.3 Å². The fraction of sp³-hybridized carbons (Fsp3) is 0.366. The van der Waals surface area contributed by atoms with Crippen molar-refractivity contribution in [3.05, 3.63) is 130 Å². The average Bonchev–Trinajstić information content (AvgIpc) is 3.91. The van der Waals surface area contributed by atoms with Crippen molar-refractivity contribution in [2.45, 2.75) is 76.4 Å². The molecule has 6 rings (SSSR count). The Morgan fingerprint density at radius 1 is 0.878 bits per heavy atom. The van der Waals surface area contributed by atoms with Gasteiger partial charge in [0.2, 0.25) is 5.91 Å².